The molecular formula is C24H26N2O3S. The number of hydrogen-bond donors (Lipinski definition) is 1. The second-order valence-electron chi connectivity index (χ2n) is 7.40. The van der Waals surface area contributed by atoms with Crippen molar-refractivity contribution in [2.75, 3.05) is 13.6 Å². The molecule has 0 aromatic heterocycles. The lowest BCUT2D eigenvalue weighted by Gasteiger charge is -2.22. The highest BCUT2D eigenvalue weighted by Gasteiger charge is 2.24. The Morgan fingerprint density at radius 2 is 1.50 bits per heavy atom. The lowest BCUT2D eigenvalue weighted by Crippen LogP contribution is -2.40. The number of nitrogens with one attached hydrogen (secondary N) is 1. The molecule has 0 heterocycles. The van der Waals surface area contributed by atoms with E-state index in [1.165, 1.54) is 7.05 Å². The third-order valence-corrected chi connectivity index (χ3v) is 6.73. The third kappa shape index (κ3) is 5.14. The average molecular weight is 423 g/mol. The van der Waals surface area contributed by atoms with E-state index in [2.05, 4.69) is 5.32 Å². The number of carbonyl (C=O) groups excluding carboxylic acids is 1. The highest BCUT2D eigenvalue weighted by molar-refractivity contribution is 7.89. The van der Waals surface area contributed by atoms with Gasteiger partial charge in [0.1, 0.15) is 0 Å². The maximum Gasteiger partial charge on any atom is 0.243 e. The molecule has 3 aromatic rings. The van der Waals surface area contributed by atoms with Gasteiger partial charge in [-0.25, -0.2) is 8.42 Å². The van der Waals surface area contributed by atoms with Crippen molar-refractivity contribution in [2.45, 2.75) is 24.8 Å². The molecule has 0 aliphatic rings. The van der Waals surface area contributed by atoms with Crippen molar-refractivity contribution < 1.29 is 13.2 Å². The van der Waals surface area contributed by atoms with Crippen LogP contribution in [0.2, 0.25) is 0 Å². The summed E-state index contributed by atoms with van der Waals surface area (Å²) in [6, 6.07) is 23.8. The average Bonchev–Trinajstić information content (AvgIpc) is 2.73. The van der Waals surface area contributed by atoms with E-state index in [-0.39, 0.29) is 23.4 Å². The number of rotatable bonds is 7. The zero-order chi connectivity index (χ0) is 21.7. The minimum Gasteiger partial charge on any atom is -0.344 e. The maximum atomic E-state index is 12.8. The summed E-state index contributed by atoms with van der Waals surface area (Å²) in [7, 11) is -2.33. The van der Waals surface area contributed by atoms with Gasteiger partial charge in [0.05, 0.1) is 17.5 Å². The fraction of sp³-hybridized carbons (Fsp3) is 0.208. The molecule has 0 bridgehead atoms. The normalized spacial score (nSPS) is 12.5. The first-order valence-corrected chi connectivity index (χ1v) is 11.2. The lowest BCUT2D eigenvalue weighted by atomic mass is 9.97. The standard InChI is InChI=1S/C24H26N2O3S/c1-18-12-14-22(15-13-18)30(28,29)26(3)17-23(27)25-24(20-9-5-4-6-10-20)21-11-7-8-19(2)16-21/h4-16,24H,17H2,1-3H3,(H,25,27). The molecule has 5 nitrogen and oxygen atoms in total. The van der Waals surface area contributed by atoms with Gasteiger partial charge in [-0.3, -0.25) is 4.79 Å². The van der Waals surface area contributed by atoms with Crippen LogP contribution >= 0.6 is 0 Å². The van der Waals surface area contributed by atoms with Crippen LogP contribution in [0, 0.1) is 13.8 Å². The Morgan fingerprint density at radius 3 is 2.13 bits per heavy atom. The molecule has 0 saturated heterocycles. The first kappa shape index (κ1) is 21.7. The highest BCUT2D eigenvalue weighted by Crippen LogP contribution is 2.23. The predicted molar refractivity (Wildman–Crippen MR) is 119 cm³/mol. The first-order chi connectivity index (χ1) is 14.3. The number of nitrogens with zero attached hydrogens (tertiary/aromatic N) is 1. The minimum absolute atomic E-state index is 0.168. The van der Waals surface area contributed by atoms with Gasteiger partial charge in [-0.05, 0) is 37.1 Å². The molecule has 1 atom stereocenters. The van der Waals surface area contributed by atoms with Crippen LogP contribution < -0.4 is 5.32 Å². The Labute approximate surface area is 178 Å². The van der Waals surface area contributed by atoms with Crippen molar-refractivity contribution in [3.8, 4) is 0 Å². The Kier molecular flexibility index (Phi) is 6.70. The summed E-state index contributed by atoms with van der Waals surface area (Å²) in [6.45, 7) is 3.61. The van der Waals surface area contributed by atoms with Gasteiger partial charge in [0.25, 0.3) is 0 Å². The quantitative estimate of drug-likeness (QED) is 0.629. The molecule has 0 aliphatic carbocycles. The van der Waals surface area contributed by atoms with Gasteiger partial charge in [-0.15, -0.1) is 0 Å². The monoisotopic (exact) mass is 422 g/mol. The molecule has 0 saturated carbocycles. The van der Waals surface area contributed by atoms with Gasteiger partial charge in [-0.2, -0.15) is 4.31 Å². The van der Waals surface area contributed by atoms with Crippen molar-refractivity contribution in [3.63, 3.8) is 0 Å². The summed E-state index contributed by atoms with van der Waals surface area (Å²) in [6.07, 6.45) is 0. The van der Waals surface area contributed by atoms with Crippen molar-refractivity contribution >= 4 is 15.9 Å². The van der Waals surface area contributed by atoms with Crippen LogP contribution in [0.15, 0.2) is 83.8 Å². The van der Waals surface area contributed by atoms with E-state index in [4.69, 9.17) is 0 Å². The van der Waals surface area contributed by atoms with E-state index in [0.29, 0.717) is 0 Å². The van der Waals surface area contributed by atoms with Crippen molar-refractivity contribution in [3.05, 3.63) is 101 Å². The molecule has 1 amide bonds. The Hall–Kier alpha value is -2.96. The zero-order valence-corrected chi connectivity index (χ0v) is 18.2. The minimum atomic E-state index is -3.75. The van der Waals surface area contributed by atoms with E-state index >= 15 is 0 Å². The van der Waals surface area contributed by atoms with Crippen molar-refractivity contribution in [1.82, 2.24) is 9.62 Å². The van der Waals surface area contributed by atoms with E-state index in [1.807, 2.05) is 68.4 Å². The number of benzene rings is 3. The predicted octanol–water partition coefficient (Wildman–Crippen LogP) is 3.83. The molecule has 156 valence electrons. The first-order valence-electron chi connectivity index (χ1n) is 9.71. The van der Waals surface area contributed by atoms with Gasteiger partial charge in [0.2, 0.25) is 15.9 Å². The molecule has 3 aromatic carbocycles. The molecule has 0 spiro atoms. The number of sulfonamides is 1. The molecule has 1 unspecified atom stereocenters. The lowest BCUT2D eigenvalue weighted by molar-refractivity contribution is -0.121. The van der Waals surface area contributed by atoms with Gasteiger partial charge in [-0.1, -0.05) is 77.9 Å². The second kappa shape index (κ2) is 9.24. The highest BCUT2D eigenvalue weighted by atomic mass is 32.2. The number of aryl methyl sites for hydroxylation is 2. The maximum absolute atomic E-state index is 12.8. The summed E-state index contributed by atoms with van der Waals surface area (Å²) in [5, 5.41) is 3.00. The van der Waals surface area contributed by atoms with Crippen LogP contribution in [-0.2, 0) is 14.8 Å². The number of carbonyl (C=O) groups is 1. The molecule has 0 radical (unpaired) electrons. The van der Waals surface area contributed by atoms with Gasteiger partial charge >= 0.3 is 0 Å². The van der Waals surface area contributed by atoms with Gasteiger partial charge in [0.15, 0.2) is 0 Å². The second-order valence-corrected chi connectivity index (χ2v) is 9.44. The Bertz CT molecular complexity index is 1110. The Morgan fingerprint density at radius 1 is 0.867 bits per heavy atom. The molecule has 0 fully saturated rings. The SMILES string of the molecule is Cc1ccc(S(=O)(=O)N(C)CC(=O)NC(c2ccccc2)c2cccc(C)c2)cc1. The zero-order valence-electron chi connectivity index (χ0n) is 17.4. The van der Waals surface area contributed by atoms with Crippen LogP contribution in [0.1, 0.15) is 28.3 Å². The summed E-state index contributed by atoms with van der Waals surface area (Å²) in [5.74, 6) is -0.372. The van der Waals surface area contributed by atoms with Crippen LogP contribution in [0.5, 0.6) is 0 Å². The number of hydrogen-bond acceptors (Lipinski definition) is 3. The van der Waals surface area contributed by atoms with Gasteiger partial charge in [0, 0.05) is 7.05 Å². The molecule has 6 heteroatoms. The van der Waals surface area contributed by atoms with Crippen molar-refractivity contribution in [1.29, 1.82) is 0 Å². The fourth-order valence-electron chi connectivity index (χ4n) is 3.24. The number of amides is 1. The van der Waals surface area contributed by atoms with Crippen LogP contribution in [-0.4, -0.2) is 32.2 Å². The van der Waals surface area contributed by atoms with Gasteiger partial charge < -0.3 is 5.32 Å². The molecule has 0 aliphatic heterocycles. The van der Waals surface area contributed by atoms with Crippen LogP contribution in [0.3, 0.4) is 0 Å². The molecule has 3 rings (SSSR count). The molecule has 1 N–H and O–H groups in total. The summed E-state index contributed by atoms with van der Waals surface area (Å²) in [5.41, 5.74) is 3.93. The van der Waals surface area contributed by atoms with E-state index < -0.39 is 10.0 Å². The summed E-state index contributed by atoms with van der Waals surface area (Å²) >= 11 is 0. The Balaban J connectivity index is 1.80. The number of likely N-dealkylation sites (N-methyl/N-ethyl adjacent to an activating group) is 1. The molecular weight excluding hydrogens is 396 g/mol. The summed E-state index contributed by atoms with van der Waals surface area (Å²) in [4.78, 5) is 13.0. The molecule has 30 heavy (non-hydrogen) atoms. The summed E-state index contributed by atoms with van der Waals surface area (Å²) < 4.78 is 26.7. The third-order valence-electron chi connectivity index (χ3n) is 4.91. The van der Waals surface area contributed by atoms with Crippen molar-refractivity contribution in [2.24, 2.45) is 0 Å². The van der Waals surface area contributed by atoms with E-state index in [0.717, 1.165) is 26.6 Å². The topological polar surface area (TPSA) is 66.5 Å². The van der Waals surface area contributed by atoms with Crippen LogP contribution in [0.25, 0.3) is 0 Å². The van der Waals surface area contributed by atoms with E-state index in [1.54, 1.807) is 24.3 Å². The van der Waals surface area contributed by atoms with Crippen LogP contribution in [0.4, 0.5) is 0 Å². The fourth-order valence-corrected chi connectivity index (χ4v) is 4.37. The van der Waals surface area contributed by atoms with E-state index in [9.17, 15) is 13.2 Å². The largest absolute Gasteiger partial charge is 0.344 e. The smallest absolute Gasteiger partial charge is 0.243 e.